The number of H-pyrrole nitrogens is 1. The highest BCUT2D eigenvalue weighted by molar-refractivity contribution is 5.95. The number of ether oxygens (including phenoxy) is 1. The lowest BCUT2D eigenvalue weighted by Gasteiger charge is -2.17. The molecule has 3 heterocycles. The van der Waals surface area contributed by atoms with E-state index in [-0.39, 0.29) is 11.8 Å². The van der Waals surface area contributed by atoms with Crippen LogP contribution < -0.4 is 0 Å². The molecule has 0 saturated carbocycles. The summed E-state index contributed by atoms with van der Waals surface area (Å²) in [5.41, 5.74) is 2.37. The lowest BCUT2D eigenvalue weighted by Crippen LogP contribution is -2.27. The Hall–Kier alpha value is -2.21. The number of hydrogen-bond donors (Lipinski definition) is 1. The quantitative estimate of drug-likeness (QED) is 0.926. The minimum atomic E-state index is -0.0451. The minimum absolute atomic E-state index is 0.0451. The molecule has 2 aromatic rings. The zero-order valence-corrected chi connectivity index (χ0v) is 12.0. The van der Waals surface area contributed by atoms with Crippen LogP contribution >= 0.6 is 0 Å². The van der Waals surface area contributed by atoms with E-state index in [1.165, 1.54) is 0 Å². The van der Waals surface area contributed by atoms with Crippen LogP contribution in [-0.4, -0.2) is 46.2 Å². The van der Waals surface area contributed by atoms with Crippen LogP contribution in [0.5, 0.6) is 0 Å². The molecule has 1 aliphatic heterocycles. The molecule has 1 saturated heterocycles. The fourth-order valence-electron chi connectivity index (χ4n) is 2.55. The third-order valence-electron chi connectivity index (χ3n) is 3.71. The molecule has 1 aliphatic rings. The number of carbonyl (C=O) groups is 1. The summed E-state index contributed by atoms with van der Waals surface area (Å²) in [6.45, 7) is 1.86. The Morgan fingerprint density at radius 2 is 2.43 bits per heavy atom. The average Bonchev–Trinajstić information content (AvgIpc) is 3.18. The highest BCUT2D eigenvalue weighted by Crippen LogP contribution is 2.26. The minimum Gasteiger partial charge on any atom is -0.381 e. The van der Waals surface area contributed by atoms with Gasteiger partial charge >= 0.3 is 0 Å². The molecular weight excluding hydrogens is 268 g/mol. The largest absolute Gasteiger partial charge is 0.381 e. The molecule has 0 aromatic carbocycles. The highest BCUT2D eigenvalue weighted by Gasteiger charge is 2.26. The predicted octanol–water partition coefficient (Wildman–Crippen LogP) is 1.58. The molecule has 1 atom stereocenters. The van der Waals surface area contributed by atoms with Gasteiger partial charge in [-0.3, -0.25) is 14.9 Å². The first kappa shape index (κ1) is 13.8. The Morgan fingerprint density at radius 1 is 1.52 bits per heavy atom. The molecule has 2 aromatic heterocycles. The summed E-state index contributed by atoms with van der Waals surface area (Å²) in [6, 6.07) is 5.68. The van der Waals surface area contributed by atoms with E-state index in [1.54, 1.807) is 24.3 Å². The van der Waals surface area contributed by atoms with Gasteiger partial charge in [0.05, 0.1) is 36.3 Å². The van der Waals surface area contributed by atoms with E-state index in [0.29, 0.717) is 18.7 Å². The van der Waals surface area contributed by atoms with E-state index in [0.717, 1.165) is 24.4 Å². The lowest BCUT2D eigenvalue weighted by atomic mass is 10.0. The maximum atomic E-state index is 12.6. The van der Waals surface area contributed by atoms with Crippen LogP contribution in [0.2, 0.25) is 0 Å². The average molecular weight is 286 g/mol. The highest BCUT2D eigenvalue weighted by atomic mass is 16.5. The molecular formula is C15H18N4O2. The second-order valence-corrected chi connectivity index (χ2v) is 5.24. The van der Waals surface area contributed by atoms with E-state index in [1.807, 2.05) is 18.2 Å². The molecule has 1 amide bonds. The van der Waals surface area contributed by atoms with Crippen LogP contribution in [0.25, 0.3) is 0 Å². The molecule has 0 bridgehead atoms. The van der Waals surface area contributed by atoms with E-state index in [9.17, 15) is 4.79 Å². The predicted molar refractivity (Wildman–Crippen MR) is 76.8 cm³/mol. The number of nitrogens with one attached hydrogen (secondary N) is 1. The monoisotopic (exact) mass is 286 g/mol. The van der Waals surface area contributed by atoms with Crippen molar-refractivity contribution in [1.29, 1.82) is 0 Å². The maximum Gasteiger partial charge on any atom is 0.257 e. The van der Waals surface area contributed by atoms with Crippen LogP contribution in [0, 0.1) is 0 Å². The van der Waals surface area contributed by atoms with Gasteiger partial charge in [0.1, 0.15) is 0 Å². The first-order valence-electron chi connectivity index (χ1n) is 7.02. The van der Waals surface area contributed by atoms with Crippen molar-refractivity contribution in [3.05, 3.63) is 47.5 Å². The van der Waals surface area contributed by atoms with Crippen molar-refractivity contribution in [2.24, 2.45) is 0 Å². The van der Waals surface area contributed by atoms with Gasteiger partial charge in [-0.05, 0) is 18.6 Å². The third kappa shape index (κ3) is 2.95. The molecule has 110 valence electrons. The summed E-state index contributed by atoms with van der Waals surface area (Å²) >= 11 is 0. The van der Waals surface area contributed by atoms with Gasteiger partial charge < -0.3 is 9.64 Å². The van der Waals surface area contributed by atoms with Crippen molar-refractivity contribution in [3.63, 3.8) is 0 Å². The molecule has 1 fully saturated rings. The number of amides is 1. The van der Waals surface area contributed by atoms with E-state index < -0.39 is 0 Å². The standard InChI is InChI=1S/C15H18N4O2/c1-19(9-12-4-2-3-6-16-12)15(20)13-8-17-18-14(13)11-5-7-21-10-11/h2-4,6,8,11H,5,7,9-10H2,1H3,(H,17,18)/t11-/m1/s1. The van der Waals surface area contributed by atoms with Crippen molar-refractivity contribution in [3.8, 4) is 0 Å². The number of pyridine rings is 1. The van der Waals surface area contributed by atoms with Gasteiger partial charge in [-0.25, -0.2) is 0 Å². The SMILES string of the molecule is CN(Cc1ccccn1)C(=O)c1cn[nH]c1[C@@H]1CCOC1. The van der Waals surface area contributed by atoms with Crippen molar-refractivity contribution >= 4 is 5.91 Å². The topological polar surface area (TPSA) is 71.1 Å². The van der Waals surface area contributed by atoms with Crippen LogP contribution in [0.1, 0.15) is 34.1 Å². The third-order valence-corrected chi connectivity index (χ3v) is 3.71. The smallest absolute Gasteiger partial charge is 0.257 e. The second kappa shape index (κ2) is 6.05. The summed E-state index contributed by atoms with van der Waals surface area (Å²) in [5, 5.41) is 6.99. The van der Waals surface area contributed by atoms with Crippen LogP contribution in [0.4, 0.5) is 0 Å². The van der Waals surface area contributed by atoms with Crippen LogP contribution in [0.3, 0.4) is 0 Å². The number of aromatic nitrogens is 3. The van der Waals surface area contributed by atoms with Crippen molar-refractivity contribution < 1.29 is 9.53 Å². The van der Waals surface area contributed by atoms with Crippen LogP contribution in [-0.2, 0) is 11.3 Å². The molecule has 0 unspecified atom stereocenters. The van der Waals surface area contributed by atoms with Gasteiger partial charge in [0.15, 0.2) is 0 Å². The molecule has 6 nitrogen and oxygen atoms in total. The number of carbonyl (C=O) groups excluding carboxylic acids is 1. The zero-order chi connectivity index (χ0) is 14.7. The summed E-state index contributed by atoms with van der Waals surface area (Å²) < 4.78 is 5.39. The molecule has 1 N–H and O–H groups in total. The first-order valence-corrected chi connectivity index (χ1v) is 7.02. The lowest BCUT2D eigenvalue weighted by molar-refractivity contribution is 0.0781. The molecule has 0 spiro atoms. The molecule has 6 heteroatoms. The molecule has 3 rings (SSSR count). The summed E-state index contributed by atoms with van der Waals surface area (Å²) in [4.78, 5) is 18.5. The second-order valence-electron chi connectivity index (χ2n) is 5.24. The Balaban J connectivity index is 1.74. The Morgan fingerprint density at radius 3 is 3.14 bits per heavy atom. The normalized spacial score (nSPS) is 17.9. The van der Waals surface area contributed by atoms with Gasteiger partial charge in [0, 0.05) is 25.8 Å². The Bertz CT molecular complexity index is 605. The molecule has 0 radical (unpaired) electrons. The van der Waals surface area contributed by atoms with Crippen molar-refractivity contribution in [2.75, 3.05) is 20.3 Å². The van der Waals surface area contributed by atoms with E-state index >= 15 is 0 Å². The number of aromatic amines is 1. The van der Waals surface area contributed by atoms with Gasteiger partial charge in [-0.15, -0.1) is 0 Å². The van der Waals surface area contributed by atoms with E-state index in [4.69, 9.17) is 4.74 Å². The summed E-state index contributed by atoms with van der Waals surface area (Å²) in [6.07, 6.45) is 4.25. The first-order chi connectivity index (χ1) is 10.3. The summed E-state index contributed by atoms with van der Waals surface area (Å²) in [5.74, 6) is 0.186. The number of nitrogens with zero attached hydrogens (tertiary/aromatic N) is 3. The van der Waals surface area contributed by atoms with E-state index in [2.05, 4.69) is 15.2 Å². The maximum absolute atomic E-state index is 12.6. The van der Waals surface area contributed by atoms with Gasteiger partial charge in [-0.1, -0.05) is 6.07 Å². The number of hydrogen-bond acceptors (Lipinski definition) is 4. The zero-order valence-electron chi connectivity index (χ0n) is 12.0. The Labute approximate surface area is 123 Å². The van der Waals surface area contributed by atoms with Gasteiger partial charge in [0.2, 0.25) is 0 Å². The Kier molecular flexibility index (Phi) is 3.96. The van der Waals surface area contributed by atoms with Gasteiger partial charge in [-0.2, -0.15) is 5.10 Å². The fourth-order valence-corrected chi connectivity index (χ4v) is 2.55. The van der Waals surface area contributed by atoms with Crippen molar-refractivity contribution in [1.82, 2.24) is 20.1 Å². The number of rotatable bonds is 4. The fraction of sp³-hybridized carbons (Fsp3) is 0.400. The van der Waals surface area contributed by atoms with Crippen LogP contribution in [0.15, 0.2) is 30.6 Å². The molecule has 0 aliphatic carbocycles. The van der Waals surface area contributed by atoms with Gasteiger partial charge in [0.25, 0.3) is 5.91 Å². The molecule has 21 heavy (non-hydrogen) atoms. The summed E-state index contributed by atoms with van der Waals surface area (Å²) in [7, 11) is 1.78. The van der Waals surface area contributed by atoms with Crippen molar-refractivity contribution in [2.45, 2.75) is 18.9 Å².